The summed E-state index contributed by atoms with van der Waals surface area (Å²) in [6.07, 6.45) is 1.24. The largest absolute Gasteiger partial charge is 0.368 e. The first-order chi connectivity index (χ1) is 8.73. The van der Waals surface area contributed by atoms with Crippen LogP contribution >= 0.6 is 0 Å². The number of carbonyl (C=O) groups excluding carboxylic acids is 1. The van der Waals surface area contributed by atoms with Gasteiger partial charge >= 0.3 is 0 Å². The second kappa shape index (κ2) is 6.68. The third kappa shape index (κ3) is 5.09. The predicted molar refractivity (Wildman–Crippen MR) is 79.0 cm³/mol. The highest BCUT2D eigenvalue weighted by Gasteiger charge is 2.33. The van der Waals surface area contributed by atoms with E-state index in [9.17, 15) is 4.79 Å². The van der Waals surface area contributed by atoms with E-state index < -0.39 is 5.54 Å². The minimum Gasteiger partial charge on any atom is -0.368 e. The molecule has 0 aromatic rings. The van der Waals surface area contributed by atoms with Gasteiger partial charge in [-0.05, 0) is 53.8 Å². The summed E-state index contributed by atoms with van der Waals surface area (Å²) in [4.78, 5) is 16.3. The van der Waals surface area contributed by atoms with Crippen molar-refractivity contribution in [1.82, 2.24) is 15.1 Å². The molecule has 0 radical (unpaired) electrons. The van der Waals surface area contributed by atoms with E-state index >= 15 is 0 Å². The van der Waals surface area contributed by atoms with Gasteiger partial charge in [0.1, 0.15) is 5.54 Å². The Balaban J connectivity index is 2.51. The number of rotatable bonds is 7. The molecule has 1 aliphatic heterocycles. The lowest BCUT2D eigenvalue weighted by Gasteiger charge is -2.34. The highest BCUT2D eigenvalue weighted by Crippen LogP contribution is 2.16. The Bertz CT molecular complexity index is 308. The van der Waals surface area contributed by atoms with E-state index in [0.29, 0.717) is 12.5 Å². The van der Waals surface area contributed by atoms with Gasteiger partial charge in [-0.3, -0.25) is 4.79 Å². The lowest BCUT2D eigenvalue weighted by molar-refractivity contribution is -0.124. The first kappa shape index (κ1) is 16.4. The summed E-state index contributed by atoms with van der Waals surface area (Å²) in [5, 5.41) is 3.29. The summed E-state index contributed by atoms with van der Waals surface area (Å²) >= 11 is 0. The molecule has 0 saturated carbocycles. The quantitative estimate of drug-likeness (QED) is 0.689. The van der Waals surface area contributed by atoms with Crippen molar-refractivity contribution in [3.05, 3.63) is 0 Å². The van der Waals surface area contributed by atoms with Crippen molar-refractivity contribution in [2.45, 2.75) is 38.8 Å². The van der Waals surface area contributed by atoms with Gasteiger partial charge in [0, 0.05) is 25.7 Å². The van der Waals surface area contributed by atoms with Crippen LogP contribution in [0.4, 0.5) is 0 Å². The zero-order valence-corrected chi connectivity index (χ0v) is 13.1. The second-order valence-electron chi connectivity index (χ2n) is 6.61. The SMILES string of the molecule is CC(C)NC(C)(CN(C)CC1CCN(C)C1)C(N)=O. The van der Waals surface area contributed by atoms with Crippen LogP contribution in [-0.2, 0) is 4.79 Å². The fraction of sp³-hybridized carbons (Fsp3) is 0.929. The number of likely N-dealkylation sites (tertiary alicyclic amines) is 1. The molecule has 1 rings (SSSR count). The number of nitrogens with two attached hydrogens (primary N) is 1. The Kier molecular flexibility index (Phi) is 5.77. The molecule has 19 heavy (non-hydrogen) atoms. The number of nitrogens with zero attached hydrogens (tertiary/aromatic N) is 2. The number of carbonyl (C=O) groups is 1. The molecule has 0 spiro atoms. The molecule has 1 fully saturated rings. The molecule has 2 atom stereocenters. The highest BCUT2D eigenvalue weighted by atomic mass is 16.1. The molecule has 112 valence electrons. The van der Waals surface area contributed by atoms with Crippen LogP contribution in [0, 0.1) is 5.92 Å². The lowest BCUT2D eigenvalue weighted by Crippen LogP contribution is -2.61. The molecule has 0 bridgehead atoms. The van der Waals surface area contributed by atoms with Crippen LogP contribution in [0.25, 0.3) is 0 Å². The number of hydrogen-bond donors (Lipinski definition) is 2. The molecule has 0 aromatic carbocycles. The Morgan fingerprint density at radius 2 is 2.21 bits per heavy atom. The van der Waals surface area contributed by atoms with Crippen molar-refractivity contribution in [1.29, 1.82) is 0 Å². The molecule has 2 unspecified atom stereocenters. The van der Waals surface area contributed by atoms with Crippen molar-refractivity contribution < 1.29 is 4.79 Å². The first-order valence-corrected chi connectivity index (χ1v) is 7.17. The lowest BCUT2D eigenvalue weighted by atomic mass is 9.98. The van der Waals surface area contributed by atoms with E-state index in [2.05, 4.69) is 29.2 Å². The minimum absolute atomic E-state index is 0.239. The van der Waals surface area contributed by atoms with E-state index in [-0.39, 0.29) is 11.9 Å². The average Bonchev–Trinajstić information content (AvgIpc) is 2.61. The number of nitrogens with one attached hydrogen (secondary N) is 1. The monoisotopic (exact) mass is 270 g/mol. The van der Waals surface area contributed by atoms with Gasteiger partial charge in [-0.1, -0.05) is 0 Å². The van der Waals surface area contributed by atoms with Crippen LogP contribution in [0.1, 0.15) is 27.2 Å². The van der Waals surface area contributed by atoms with E-state index in [1.165, 1.54) is 13.0 Å². The molecule has 1 heterocycles. The number of amides is 1. The van der Waals surface area contributed by atoms with Crippen molar-refractivity contribution in [2.75, 3.05) is 40.3 Å². The smallest absolute Gasteiger partial charge is 0.238 e. The summed E-state index contributed by atoms with van der Waals surface area (Å²) in [6, 6.07) is 0.239. The minimum atomic E-state index is -0.659. The highest BCUT2D eigenvalue weighted by molar-refractivity contribution is 5.84. The summed E-state index contributed by atoms with van der Waals surface area (Å²) < 4.78 is 0. The van der Waals surface area contributed by atoms with E-state index in [4.69, 9.17) is 5.73 Å². The van der Waals surface area contributed by atoms with Gasteiger partial charge < -0.3 is 20.9 Å². The average molecular weight is 270 g/mol. The molecule has 0 aliphatic carbocycles. The third-order valence-corrected chi connectivity index (χ3v) is 3.80. The molecule has 1 amide bonds. The molecule has 1 aliphatic rings. The molecule has 0 aromatic heterocycles. The van der Waals surface area contributed by atoms with Crippen molar-refractivity contribution in [2.24, 2.45) is 11.7 Å². The van der Waals surface area contributed by atoms with Gasteiger partial charge in [0.05, 0.1) is 0 Å². The molecular formula is C14H30N4O. The molecule has 3 N–H and O–H groups in total. The molecule has 5 nitrogen and oxygen atoms in total. The first-order valence-electron chi connectivity index (χ1n) is 7.17. The van der Waals surface area contributed by atoms with Crippen LogP contribution in [0.3, 0.4) is 0 Å². The maximum absolute atomic E-state index is 11.7. The maximum Gasteiger partial charge on any atom is 0.238 e. The number of primary amides is 1. The van der Waals surface area contributed by atoms with Crippen LogP contribution in [0.5, 0.6) is 0 Å². The molecule has 1 saturated heterocycles. The fourth-order valence-corrected chi connectivity index (χ4v) is 3.05. The molecular weight excluding hydrogens is 240 g/mol. The predicted octanol–water partition coefficient (Wildman–Crippen LogP) is 0.112. The van der Waals surface area contributed by atoms with Gasteiger partial charge in [-0.25, -0.2) is 0 Å². The Morgan fingerprint density at radius 1 is 1.58 bits per heavy atom. The third-order valence-electron chi connectivity index (χ3n) is 3.80. The zero-order chi connectivity index (χ0) is 14.6. The summed E-state index contributed by atoms with van der Waals surface area (Å²) in [5.41, 5.74) is 4.90. The Morgan fingerprint density at radius 3 is 2.63 bits per heavy atom. The van der Waals surface area contributed by atoms with Crippen LogP contribution < -0.4 is 11.1 Å². The number of likely N-dealkylation sites (N-methyl/N-ethyl adjacent to an activating group) is 1. The summed E-state index contributed by atoms with van der Waals surface area (Å²) in [6.45, 7) is 9.96. The van der Waals surface area contributed by atoms with Crippen LogP contribution in [0.15, 0.2) is 0 Å². The van der Waals surface area contributed by atoms with Gasteiger partial charge in [0.25, 0.3) is 0 Å². The molecule has 5 heteroatoms. The van der Waals surface area contributed by atoms with Crippen LogP contribution in [-0.4, -0.2) is 67.6 Å². The second-order valence-corrected chi connectivity index (χ2v) is 6.61. The van der Waals surface area contributed by atoms with E-state index in [1.807, 2.05) is 20.8 Å². The standard InChI is InChI=1S/C14H30N4O/c1-11(2)16-14(3,13(15)19)10-18(5)9-12-6-7-17(4)8-12/h11-12,16H,6-10H2,1-5H3,(H2,15,19). The normalized spacial score (nSPS) is 24.1. The Labute approximate surface area is 117 Å². The summed E-state index contributed by atoms with van der Waals surface area (Å²) in [5.74, 6) is 0.419. The Hall–Kier alpha value is -0.650. The van der Waals surface area contributed by atoms with Gasteiger partial charge in [-0.2, -0.15) is 0 Å². The summed E-state index contributed by atoms with van der Waals surface area (Å²) in [7, 11) is 4.23. The van der Waals surface area contributed by atoms with Crippen molar-refractivity contribution >= 4 is 5.91 Å². The van der Waals surface area contributed by atoms with Crippen LogP contribution in [0.2, 0.25) is 0 Å². The van der Waals surface area contributed by atoms with E-state index in [1.54, 1.807) is 0 Å². The van der Waals surface area contributed by atoms with Crippen molar-refractivity contribution in [3.63, 3.8) is 0 Å². The van der Waals surface area contributed by atoms with Crippen molar-refractivity contribution in [3.8, 4) is 0 Å². The number of hydrogen-bond acceptors (Lipinski definition) is 4. The van der Waals surface area contributed by atoms with Gasteiger partial charge in [0.2, 0.25) is 5.91 Å². The fourth-order valence-electron chi connectivity index (χ4n) is 3.05. The topological polar surface area (TPSA) is 61.6 Å². The zero-order valence-electron chi connectivity index (χ0n) is 13.1. The van der Waals surface area contributed by atoms with Gasteiger partial charge in [-0.15, -0.1) is 0 Å². The van der Waals surface area contributed by atoms with Gasteiger partial charge in [0.15, 0.2) is 0 Å². The van der Waals surface area contributed by atoms with E-state index in [0.717, 1.165) is 13.1 Å². The maximum atomic E-state index is 11.7.